The van der Waals surface area contributed by atoms with Crippen LogP contribution in [-0.2, 0) is 9.53 Å². The number of rotatable bonds is 5. The SMILES string of the molecule is COCCC(N)C(=O)NC1CC(C)(C)CC(C)(C)C1. The van der Waals surface area contributed by atoms with Crippen molar-refractivity contribution in [2.45, 2.75) is 65.5 Å². The number of nitrogens with two attached hydrogens (primary N) is 1. The molecule has 1 atom stereocenters. The summed E-state index contributed by atoms with van der Waals surface area (Å²) in [4.78, 5) is 12.0. The zero-order valence-electron chi connectivity index (χ0n) is 13.1. The summed E-state index contributed by atoms with van der Waals surface area (Å²) in [6.07, 6.45) is 3.82. The summed E-state index contributed by atoms with van der Waals surface area (Å²) in [5.74, 6) is -0.0458. The second-order valence-corrected chi connectivity index (χ2v) is 7.51. The normalized spacial score (nSPS) is 23.9. The average molecular weight is 270 g/mol. The van der Waals surface area contributed by atoms with Crippen LogP contribution >= 0.6 is 0 Å². The third kappa shape index (κ3) is 5.49. The van der Waals surface area contributed by atoms with Gasteiger partial charge in [0.1, 0.15) is 0 Å². The van der Waals surface area contributed by atoms with Gasteiger partial charge in [-0.05, 0) is 36.5 Å². The van der Waals surface area contributed by atoms with E-state index >= 15 is 0 Å². The summed E-state index contributed by atoms with van der Waals surface area (Å²) in [6, 6.07) is -0.229. The van der Waals surface area contributed by atoms with Crippen LogP contribution in [-0.4, -0.2) is 31.7 Å². The summed E-state index contributed by atoms with van der Waals surface area (Å²) in [7, 11) is 1.62. The van der Waals surface area contributed by atoms with Gasteiger partial charge in [-0.15, -0.1) is 0 Å². The van der Waals surface area contributed by atoms with Crippen molar-refractivity contribution >= 4 is 5.91 Å². The lowest BCUT2D eigenvalue weighted by Gasteiger charge is -2.45. The van der Waals surface area contributed by atoms with Crippen molar-refractivity contribution in [3.63, 3.8) is 0 Å². The molecule has 4 heteroatoms. The van der Waals surface area contributed by atoms with Crippen LogP contribution < -0.4 is 11.1 Å². The number of carbonyl (C=O) groups excluding carboxylic acids is 1. The van der Waals surface area contributed by atoms with Gasteiger partial charge in [0, 0.05) is 19.8 Å². The van der Waals surface area contributed by atoms with Crippen molar-refractivity contribution in [2.24, 2.45) is 16.6 Å². The minimum absolute atomic E-state index is 0.0458. The smallest absolute Gasteiger partial charge is 0.237 e. The molecule has 1 rings (SSSR count). The Morgan fingerprint density at radius 1 is 1.32 bits per heavy atom. The largest absolute Gasteiger partial charge is 0.385 e. The van der Waals surface area contributed by atoms with Crippen LogP contribution in [0, 0.1) is 10.8 Å². The first-order chi connectivity index (χ1) is 8.65. The fourth-order valence-electron chi connectivity index (χ4n) is 3.63. The molecular weight excluding hydrogens is 240 g/mol. The Kier molecular flexibility index (Phi) is 5.39. The molecule has 112 valence electrons. The molecule has 4 nitrogen and oxygen atoms in total. The quantitative estimate of drug-likeness (QED) is 0.804. The molecule has 1 saturated carbocycles. The first-order valence-electron chi connectivity index (χ1n) is 7.20. The number of ether oxygens (including phenoxy) is 1. The zero-order valence-corrected chi connectivity index (χ0v) is 13.1. The number of nitrogens with one attached hydrogen (secondary N) is 1. The van der Waals surface area contributed by atoms with Crippen molar-refractivity contribution in [1.29, 1.82) is 0 Å². The third-order valence-electron chi connectivity index (χ3n) is 3.87. The molecule has 0 spiro atoms. The molecule has 0 aromatic heterocycles. The summed E-state index contributed by atoms with van der Waals surface area (Å²) < 4.78 is 4.96. The van der Waals surface area contributed by atoms with Gasteiger partial charge in [0.05, 0.1) is 6.04 Å². The van der Waals surface area contributed by atoms with E-state index in [-0.39, 0.29) is 22.8 Å². The standard InChI is InChI=1S/C15H30N2O2/c1-14(2)8-11(9-15(3,4)10-14)17-13(18)12(16)6-7-19-5/h11-12H,6-10,16H2,1-5H3,(H,17,18). The van der Waals surface area contributed by atoms with E-state index in [9.17, 15) is 4.79 Å². The van der Waals surface area contributed by atoms with Gasteiger partial charge in [-0.2, -0.15) is 0 Å². The molecule has 0 radical (unpaired) electrons. The summed E-state index contributed by atoms with van der Waals surface area (Å²) in [5, 5.41) is 3.12. The van der Waals surface area contributed by atoms with Crippen LogP contribution in [0.1, 0.15) is 53.4 Å². The predicted molar refractivity (Wildman–Crippen MR) is 77.8 cm³/mol. The van der Waals surface area contributed by atoms with Gasteiger partial charge >= 0.3 is 0 Å². The van der Waals surface area contributed by atoms with Crippen molar-refractivity contribution in [2.75, 3.05) is 13.7 Å². The van der Waals surface area contributed by atoms with E-state index in [1.165, 1.54) is 6.42 Å². The van der Waals surface area contributed by atoms with Crippen molar-refractivity contribution in [1.82, 2.24) is 5.32 Å². The molecular formula is C15H30N2O2. The van der Waals surface area contributed by atoms with Gasteiger partial charge in [0.2, 0.25) is 5.91 Å². The van der Waals surface area contributed by atoms with Crippen LogP contribution in [0.15, 0.2) is 0 Å². The first-order valence-corrected chi connectivity index (χ1v) is 7.20. The summed E-state index contributed by atoms with van der Waals surface area (Å²) in [5.41, 5.74) is 6.41. The highest BCUT2D eigenvalue weighted by atomic mass is 16.5. The Bertz CT molecular complexity index is 297. The van der Waals surface area contributed by atoms with Gasteiger partial charge in [-0.1, -0.05) is 27.7 Å². The van der Waals surface area contributed by atoms with Crippen molar-refractivity contribution < 1.29 is 9.53 Å². The highest BCUT2D eigenvalue weighted by molar-refractivity contribution is 5.81. The number of hydrogen-bond donors (Lipinski definition) is 2. The molecule has 3 N–H and O–H groups in total. The molecule has 1 aliphatic rings. The molecule has 0 aromatic carbocycles. The lowest BCUT2D eigenvalue weighted by molar-refractivity contribution is -0.124. The number of hydrogen-bond acceptors (Lipinski definition) is 3. The highest BCUT2D eigenvalue weighted by Crippen LogP contribution is 2.45. The topological polar surface area (TPSA) is 64.3 Å². The summed E-state index contributed by atoms with van der Waals surface area (Å²) in [6.45, 7) is 9.63. The predicted octanol–water partition coefficient (Wildman–Crippen LogP) is 2.07. The molecule has 0 aliphatic heterocycles. The lowest BCUT2D eigenvalue weighted by Crippen LogP contribution is -2.50. The molecule has 1 aliphatic carbocycles. The van der Waals surface area contributed by atoms with E-state index in [0.717, 1.165) is 12.8 Å². The lowest BCUT2D eigenvalue weighted by atomic mass is 9.63. The number of carbonyl (C=O) groups is 1. The highest BCUT2D eigenvalue weighted by Gasteiger charge is 2.39. The molecule has 0 bridgehead atoms. The number of amides is 1. The van der Waals surface area contributed by atoms with E-state index < -0.39 is 6.04 Å². The van der Waals surface area contributed by atoms with E-state index in [1.807, 2.05) is 0 Å². The molecule has 1 unspecified atom stereocenters. The monoisotopic (exact) mass is 270 g/mol. The molecule has 0 saturated heterocycles. The van der Waals surface area contributed by atoms with E-state index in [2.05, 4.69) is 33.0 Å². The van der Waals surface area contributed by atoms with Gasteiger partial charge in [-0.25, -0.2) is 0 Å². The van der Waals surface area contributed by atoms with Crippen LogP contribution in [0.2, 0.25) is 0 Å². The van der Waals surface area contributed by atoms with Crippen LogP contribution in [0.5, 0.6) is 0 Å². The van der Waals surface area contributed by atoms with Gasteiger partial charge < -0.3 is 15.8 Å². The van der Waals surface area contributed by atoms with E-state index in [0.29, 0.717) is 13.0 Å². The Hall–Kier alpha value is -0.610. The maximum Gasteiger partial charge on any atom is 0.237 e. The Labute approximate surface area is 117 Å². The average Bonchev–Trinajstić information content (AvgIpc) is 2.20. The minimum Gasteiger partial charge on any atom is -0.385 e. The molecule has 1 amide bonds. The zero-order chi connectivity index (χ0) is 14.7. The third-order valence-corrected chi connectivity index (χ3v) is 3.87. The molecule has 1 fully saturated rings. The van der Waals surface area contributed by atoms with Crippen LogP contribution in [0.25, 0.3) is 0 Å². The first kappa shape index (κ1) is 16.4. The fourth-order valence-corrected chi connectivity index (χ4v) is 3.63. The minimum atomic E-state index is -0.465. The Morgan fingerprint density at radius 3 is 2.32 bits per heavy atom. The Morgan fingerprint density at radius 2 is 1.84 bits per heavy atom. The Balaban J connectivity index is 2.54. The molecule has 0 aromatic rings. The van der Waals surface area contributed by atoms with Crippen molar-refractivity contribution in [3.05, 3.63) is 0 Å². The van der Waals surface area contributed by atoms with Gasteiger partial charge in [0.25, 0.3) is 0 Å². The van der Waals surface area contributed by atoms with Crippen LogP contribution in [0.3, 0.4) is 0 Å². The molecule has 19 heavy (non-hydrogen) atoms. The van der Waals surface area contributed by atoms with Crippen molar-refractivity contribution in [3.8, 4) is 0 Å². The maximum absolute atomic E-state index is 12.0. The maximum atomic E-state index is 12.0. The van der Waals surface area contributed by atoms with E-state index in [4.69, 9.17) is 10.5 Å². The van der Waals surface area contributed by atoms with Gasteiger partial charge in [0.15, 0.2) is 0 Å². The fraction of sp³-hybridized carbons (Fsp3) is 0.933. The number of methoxy groups -OCH3 is 1. The molecule has 0 heterocycles. The van der Waals surface area contributed by atoms with Gasteiger partial charge in [-0.3, -0.25) is 4.79 Å². The van der Waals surface area contributed by atoms with Crippen LogP contribution in [0.4, 0.5) is 0 Å². The summed E-state index contributed by atoms with van der Waals surface area (Å²) >= 11 is 0. The van der Waals surface area contributed by atoms with E-state index in [1.54, 1.807) is 7.11 Å². The second kappa shape index (κ2) is 6.23. The second-order valence-electron chi connectivity index (χ2n) is 7.51.